The first-order valence-corrected chi connectivity index (χ1v) is 5.02. The second-order valence-corrected chi connectivity index (χ2v) is 3.64. The van der Waals surface area contributed by atoms with Crippen LogP contribution in [0.1, 0.15) is 33.1 Å². The van der Waals surface area contributed by atoms with Gasteiger partial charge in [-0.3, -0.25) is 0 Å². The van der Waals surface area contributed by atoms with E-state index < -0.39 is 0 Å². The van der Waals surface area contributed by atoms with Gasteiger partial charge in [0.2, 0.25) is 0 Å². The SMILES string of the molecule is CCC(N)C(CC)(CCO)COC. The van der Waals surface area contributed by atoms with E-state index in [1.165, 1.54) is 0 Å². The zero-order valence-corrected chi connectivity index (χ0v) is 9.05. The molecule has 0 fully saturated rings. The van der Waals surface area contributed by atoms with E-state index in [2.05, 4.69) is 13.8 Å². The molecule has 0 spiro atoms. The van der Waals surface area contributed by atoms with Crippen LogP contribution in [0.15, 0.2) is 0 Å². The second kappa shape index (κ2) is 6.35. The summed E-state index contributed by atoms with van der Waals surface area (Å²) >= 11 is 0. The first kappa shape index (κ1) is 12.9. The van der Waals surface area contributed by atoms with Gasteiger partial charge < -0.3 is 15.6 Å². The molecule has 0 aromatic heterocycles. The number of rotatable bonds is 7. The highest BCUT2D eigenvalue weighted by molar-refractivity contribution is 4.87. The molecule has 3 nitrogen and oxygen atoms in total. The molecule has 13 heavy (non-hydrogen) atoms. The Labute approximate surface area is 81.3 Å². The Morgan fingerprint density at radius 2 is 2.08 bits per heavy atom. The Balaban J connectivity index is 4.42. The number of nitrogens with two attached hydrogens (primary N) is 1. The third kappa shape index (κ3) is 3.25. The Bertz CT molecular complexity index is 122. The maximum atomic E-state index is 8.99. The van der Waals surface area contributed by atoms with Crippen LogP contribution in [-0.2, 0) is 4.74 Å². The van der Waals surface area contributed by atoms with Crippen molar-refractivity contribution in [3.63, 3.8) is 0 Å². The van der Waals surface area contributed by atoms with Crippen LogP contribution in [0.2, 0.25) is 0 Å². The van der Waals surface area contributed by atoms with Crippen LogP contribution in [0.4, 0.5) is 0 Å². The maximum absolute atomic E-state index is 8.99. The molecule has 0 aliphatic heterocycles. The summed E-state index contributed by atoms with van der Waals surface area (Å²) in [5, 5.41) is 8.99. The molecular formula is C10H23NO2. The molecule has 0 rings (SSSR count). The average molecular weight is 189 g/mol. The molecule has 0 saturated heterocycles. The number of hydrogen-bond acceptors (Lipinski definition) is 3. The summed E-state index contributed by atoms with van der Waals surface area (Å²) in [6.45, 7) is 5.00. The maximum Gasteiger partial charge on any atom is 0.0534 e. The van der Waals surface area contributed by atoms with Crippen LogP contribution in [0, 0.1) is 5.41 Å². The van der Waals surface area contributed by atoms with Crippen molar-refractivity contribution in [1.82, 2.24) is 0 Å². The Morgan fingerprint density at radius 3 is 2.38 bits per heavy atom. The van der Waals surface area contributed by atoms with E-state index in [1.54, 1.807) is 7.11 Å². The van der Waals surface area contributed by atoms with Crippen LogP contribution in [-0.4, -0.2) is 31.5 Å². The Hall–Kier alpha value is -0.120. The fourth-order valence-corrected chi connectivity index (χ4v) is 1.85. The molecule has 0 amide bonds. The number of aliphatic hydroxyl groups is 1. The summed E-state index contributed by atoms with van der Waals surface area (Å²) < 4.78 is 5.18. The Morgan fingerprint density at radius 1 is 1.46 bits per heavy atom. The molecule has 2 atom stereocenters. The number of aliphatic hydroxyl groups excluding tert-OH is 1. The van der Waals surface area contributed by atoms with Gasteiger partial charge in [-0.25, -0.2) is 0 Å². The summed E-state index contributed by atoms with van der Waals surface area (Å²) in [7, 11) is 1.68. The van der Waals surface area contributed by atoms with E-state index in [1.807, 2.05) is 0 Å². The van der Waals surface area contributed by atoms with Gasteiger partial charge in [-0.15, -0.1) is 0 Å². The van der Waals surface area contributed by atoms with E-state index in [4.69, 9.17) is 15.6 Å². The van der Waals surface area contributed by atoms with E-state index in [-0.39, 0.29) is 18.1 Å². The van der Waals surface area contributed by atoms with Gasteiger partial charge in [0.25, 0.3) is 0 Å². The lowest BCUT2D eigenvalue weighted by atomic mass is 9.75. The van der Waals surface area contributed by atoms with Gasteiger partial charge in [0, 0.05) is 25.2 Å². The van der Waals surface area contributed by atoms with Crippen molar-refractivity contribution < 1.29 is 9.84 Å². The van der Waals surface area contributed by atoms with E-state index in [0.717, 1.165) is 19.3 Å². The van der Waals surface area contributed by atoms with Gasteiger partial charge in [-0.2, -0.15) is 0 Å². The van der Waals surface area contributed by atoms with Crippen molar-refractivity contribution in [3.8, 4) is 0 Å². The van der Waals surface area contributed by atoms with Gasteiger partial charge in [0.15, 0.2) is 0 Å². The van der Waals surface area contributed by atoms with Gasteiger partial charge >= 0.3 is 0 Å². The van der Waals surface area contributed by atoms with E-state index in [9.17, 15) is 0 Å². The molecular weight excluding hydrogens is 166 g/mol. The fraction of sp³-hybridized carbons (Fsp3) is 1.00. The quantitative estimate of drug-likeness (QED) is 0.631. The molecule has 0 aromatic rings. The van der Waals surface area contributed by atoms with Crippen molar-refractivity contribution in [2.45, 2.75) is 39.2 Å². The van der Waals surface area contributed by atoms with Crippen LogP contribution in [0.25, 0.3) is 0 Å². The molecule has 2 unspecified atom stereocenters. The summed E-state index contributed by atoms with van der Waals surface area (Å²) in [5.74, 6) is 0. The minimum atomic E-state index is -0.0434. The highest BCUT2D eigenvalue weighted by Gasteiger charge is 2.33. The van der Waals surface area contributed by atoms with Crippen LogP contribution < -0.4 is 5.73 Å². The van der Waals surface area contributed by atoms with Gasteiger partial charge in [-0.05, 0) is 19.3 Å². The van der Waals surface area contributed by atoms with Gasteiger partial charge in [0.05, 0.1) is 6.61 Å². The van der Waals surface area contributed by atoms with Gasteiger partial charge in [-0.1, -0.05) is 13.8 Å². The minimum Gasteiger partial charge on any atom is -0.396 e. The van der Waals surface area contributed by atoms with Crippen LogP contribution in [0.5, 0.6) is 0 Å². The lowest BCUT2D eigenvalue weighted by Gasteiger charge is -2.37. The number of hydrogen-bond donors (Lipinski definition) is 2. The lowest BCUT2D eigenvalue weighted by molar-refractivity contribution is 0.0327. The first-order chi connectivity index (χ1) is 6.16. The zero-order chi connectivity index (χ0) is 10.3. The van der Waals surface area contributed by atoms with Crippen molar-refractivity contribution >= 4 is 0 Å². The Kier molecular flexibility index (Phi) is 6.29. The fourth-order valence-electron chi connectivity index (χ4n) is 1.85. The molecule has 80 valence electrons. The predicted molar refractivity (Wildman–Crippen MR) is 54.6 cm³/mol. The standard InChI is InChI=1S/C10H23NO2/c1-4-9(11)10(5-2,6-7-12)8-13-3/h9,12H,4-8,11H2,1-3H3. The normalized spacial score (nSPS) is 18.2. The molecule has 0 saturated carbocycles. The molecule has 0 bridgehead atoms. The summed E-state index contributed by atoms with van der Waals surface area (Å²) in [4.78, 5) is 0. The molecule has 0 aromatic carbocycles. The molecule has 3 N–H and O–H groups in total. The molecule has 3 heteroatoms. The lowest BCUT2D eigenvalue weighted by Crippen LogP contribution is -2.45. The van der Waals surface area contributed by atoms with Crippen molar-refractivity contribution in [3.05, 3.63) is 0 Å². The first-order valence-electron chi connectivity index (χ1n) is 5.02. The van der Waals surface area contributed by atoms with Crippen molar-refractivity contribution in [1.29, 1.82) is 0 Å². The molecule has 0 heterocycles. The summed E-state index contributed by atoms with van der Waals surface area (Å²) in [6, 6.07) is 0.115. The largest absolute Gasteiger partial charge is 0.396 e. The van der Waals surface area contributed by atoms with Crippen molar-refractivity contribution in [2.75, 3.05) is 20.3 Å². The summed E-state index contributed by atoms with van der Waals surface area (Å²) in [6.07, 6.45) is 2.61. The van der Waals surface area contributed by atoms with E-state index in [0.29, 0.717) is 6.61 Å². The highest BCUT2D eigenvalue weighted by atomic mass is 16.5. The van der Waals surface area contributed by atoms with E-state index >= 15 is 0 Å². The molecule has 0 aliphatic carbocycles. The third-order valence-corrected chi connectivity index (χ3v) is 2.97. The number of methoxy groups -OCH3 is 1. The molecule has 0 radical (unpaired) electrons. The topological polar surface area (TPSA) is 55.5 Å². The van der Waals surface area contributed by atoms with Crippen molar-refractivity contribution in [2.24, 2.45) is 11.1 Å². The monoisotopic (exact) mass is 189 g/mol. The van der Waals surface area contributed by atoms with Gasteiger partial charge in [0.1, 0.15) is 0 Å². The molecule has 0 aliphatic rings. The second-order valence-electron chi connectivity index (χ2n) is 3.64. The average Bonchev–Trinajstić information content (AvgIpc) is 2.16. The number of ether oxygens (including phenoxy) is 1. The summed E-state index contributed by atoms with van der Waals surface area (Å²) in [5.41, 5.74) is 6.00. The predicted octanol–water partition coefficient (Wildman–Crippen LogP) is 1.15. The van der Waals surface area contributed by atoms with Crippen LogP contribution in [0.3, 0.4) is 0 Å². The highest BCUT2D eigenvalue weighted by Crippen LogP contribution is 2.31. The third-order valence-electron chi connectivity index (χ3n) is 2.97. The smallest absolute Gasteiger partial charge is 0.0534 e. The van der Waals surface area contributed by atoms with Crippen LogP contribution >= 0.6 is 0 Å². The zero-order valence-electron chi connectivity index (χ0n) is 9.05. The minimum absolute atomic E-state index is 0.0434.